The third-order valence-electron chi connectivity index (χ3n) is 2.69. The summed E-state index contributed by atoms with van der Waals surface area (Å²) in [4.78, 5) is 27.7. The third-order valence-corrected chi connectivity index (χ3v) is 3.15. The van der Waals surface area contributed by atoms with Gasteiger partial charge in [-0.3, -0.25) is 9.59 Å². The van der Waals surface area contributed by atoms with Crippen molar-refractivity contribution in [2.75, 3.05) is 17.2 Å². The fourth-order valence-electron chi connectivity index (χ4n) is 1.85. The number of nitrogens with two attached hydrogens (primary N) is 1. The molecule has 0 aliphatic carbocycles. The fraction of sp³-hybridized carbons (Fsp3) is 0.300. The van der Waals surface area contributed by atoms with Crippen LogP contribution >= 0.6 is 23.2 Å². The summed E-state index contributed by atoms with van der Waals surface area (Å²) >= 11 is 11.6. The predicted molar refractivity (Wildman–Crippen MR) is 66.8 cm³/mol. The predicted octanol–water partition coefficient (Wildman–Crippen LogP) is 1.41. The van der Waals surface area contributed by atoms with E-state index in [4.69, 9.17) is 34.0 Å². The number of pyridine rings is 1. The maximum atomic E-state index is 11.8. The Morgan fingerprint density at radius 1 is 1.56 bits per heavy atom. The molecule has 18 heavy (non-hydrogen) atoms. The lowest BCUT2D eigenvalue weighted by atomic mass is 10.1. The highest BCUT2D eigenvalue weighted by atomic mass is 35.5. The van der Waals surface area contributed by atoms with Crippen molar-refractivity contribution >= 4 is 46.5 Å². The summed E-state index contributed by atoms with van der Waals surface area (Å²) < 4.78 is 0. The SMILES string of the molecule is Nc1cc(Cl)nc(Cl)c1N1CC(C(=O)O)CC1=O. The summed E-state index contributed by atoms with van der Waals surface area (Å²) in [5.74, 6) is -2.13. The molecule has 8 heteroatoms. The van der Waals surface area contributed by atoms with E-state index < -0.39 is 11.9 Å². The standard InChI is InChI=1S/C10H9Cl2N3O3/c11-6-2-5(13)8(9(12)14-6)15-3-4(10(17)18)1-7(15)16/h2,4H,1,3H2,(H2,13,14)(H,17,18). The summed E-state index contributed by atoms with van der Waals surface area (Å²) in [6.07, 6.45) is -0.0757. The Hall–Kier alpha value is -1.53. The second-order valence-corrected chi connectivity index (χ2v) is 4.66. The molecule has 1 aliphatic rings. The number of nitrogen functional groups attached to an aromatic ring is 1. The number of aliphatic carboxylic acids is 1. The Kier molecular flexibility index (Phi) is 3.32. The number of halogens is 2. The zero-order chi connectivity index (χ0) is 13.4. The molecule has 0 radical (unpaired) electrons. The Bertz CT molecular complexity index is 512. The van der Waals surface area contributed by atoms with E-state index in [1.807, 2.05) is 0 Å². The summed E-state index contributed by atoms with van der Waals surface area (Å²) in [5, 5.41) is 9.00. The van der Waals surface area contributed by atoms with E-state index in [0.717, 1.165) is 0 Å². The van der Waals surface area contributed by atoms with Crippen molar-refractivity contribution in [3.63, 3.8) is 0 Å². The molecular formula is C10H9Cl2N3O3. The minimum absolute atomic E-state index is 0.0145. The number of carbonyl (C=O) groups excluding carboxylic acids is 1. The van der Waals surface area contributed by atoms with Crippen LogP contribution in [-0.4, -0.2) is 28.5 Å². The molecule has 0 saturated carbocycles. The van der Waals surface area contributed by atoms with E-state index in [1.54, 1.807) is 0 Å². The molecule has 2 rings (SSSR count). The van der Waals surface area contributed by atoms with Gasteiger partial charge in [0.2, 0.25) is 5.91 Å². The number of carboxylic acid groups (broad SMARTS) is 1. The van der Waals surface area contributed by atoms with Crippen molar-refractivity contribution in [1.29, 1.82) is 0 Å². The lowest BCUT2D eigenvalue weighted by molar-refractivity contribution is -0.141. The second kappa shape index (κ2) is 4.62. The van der Waals surface area contributed by atoms with E-state index in [1.165, 1.54) is 11.0 Å². The molecule has 0 bridgehead atoms. The van der Waals surface area contributed by atoms with Crippen LogP contribution in [0.25, 0.3) is 0 Å². The minimum Gasteiger partial charge on any atom is -0.481 e. The van der Waals surface area contributed by atoms with Crippen LogP contribution in [0.4, 0.5) is 11.4 Å². The molecule has 0 aromatic carbocycles. The number of hydrogen-bond donors (Lipinski definition) is 2. The molecule has 1 unspecified atom stereocenters. The molecule has 1 atom stereocenters. The van der Waals surface area contributed by atoms with Gasteiger partial charge in [0.1, 0.15) is 10.8 Å². The van der Waals surface area contributed by atoms with Crippen LogP contribution in [0, 0.1) is 5.92 Å². The average molecular weight is 290 g/mol. The zero-order valence-corrected chi connectivity index (χ0v) is 10.6. The van der Waals surface area contributed by atoms with Crippen LogP contribution in [0.15, 0.2) is 6.07 Å². The average Bonchev–Trinajstić information content (AvgIpc) is 2.59. The van der Waals surface area contributed by atoms with Gasteiger partial charge in [-0.2, -0.15) is 0 Å². The third kappa shape index (κ3) is 2.21. The monoisotopic (exact) mass is 289 g/mol. The van der Waals surface area contributed by atoms with E-state index >= 15 is 0 Å². The van der Waals surface area contributed by atoms with Gasteiger partial charge in [-0.05, 0) is 0 Å². The van der Waals surface area contributed by atoms with Gasteiger partial charge in [-0.25, -0.2) is 4.98 Å². The van der Waals surface area contributed by atoms with E-state index in [-0.39, 0.29) is 40.6 Å². The van der Waals surface area contributed by atoms with Crippen molar-refractivity contribution in [1.82, 2.24) is 4.98 Å². The van der Waals surface area contributed by atoms with Crippen molar-refractivity contribution in [2.24, 2.45) is 5.92 Å². The molecule has 1 amide bonds. The first-order valence-corrected chi connectivity index (χ1v) is 5.80. The van der Waals surface area contributed by atoms with E-state index in [0.29, 0.717) is 0 Å². The lowest BCUT2D eigenvalue weighted by Crippen LogP contribution is -2.27. The molecule has 3 N–H and O–H groups in total. The number of carbonyl (C=O) groups is 2. The van der Waals surface area contributed by atoms with Gasteiger partial charge in [-0.1, -0.05) is 23.2 Å². The summed E-state index contributed by atoms with van der Waals surface area (Å²) in [6, 6.07) is 1.37. The van der Waals surface area contributed by atoms with Gasteiger partial charge < -0.3 is 15.7 Å². The van der Waals surface area contributed by atoms with Crippen molar-refractivity contribution in [2.45, 2.75) is 6.42 Å². The summed E-state index contributed by atoms with van der Waals surface area (Å²) in [7, 11) is 0. The van der Waals surface area contributed by atoms with Crippen LogP contribution in [0.1, 0.15) is 6.42 Å². The van der Waals surface area contributed by atoms with Crippen LogP contribution in [0.5, 0.6) is 0 Å². The summed E-state index contributed by atoms with van der Waals surface area (Å²) in [5.41, 5.74) is 6.15. The van der Waals surface area contributed by atoms with Gasteiger partial charge in [0.15, 0.2) is 5.15 Å². The molecule has 1 fully saturated rings. The molecule has 2 heterocycles. The number of aromatic nitrogens is 1. The van der Waals surface area contributed by atoms with Crippen LogP contribution in [0.2, 0.25) is 10.3 Å². The lowest BCUT2D eigenvalue weighted by Gasteiger charge is -2.19. The number of hydrogen-bond acceptors (Lipinski definition) is 4. The first kappa shape index (κ1) is 12.9. The molecule has 1 aromatic rings. The van der Waals surface area contributed by atoms with E-state index in [2.05, 4.69) is 4.98 Å². The second-order valence-electron chi connectivity index (χ2n) is 3.92. The molecule has 6 nitrogen and oxygen atoms in total. The summed E-state index contributed by atoms with van der Waals surface area (Å²) in [6.45, 7) is 0.0292. The Labute approximate surface area is 112 Å². The molecule has 1 aliphatic heterocycles. The van der Waals surface area contributed by atoms with Gasteiger partial charge in [0.05, 0.1) is 11.6 Å². The molecule has 1 aromatic heterocycles. The number of amides is 1. The first-order chi connectivity index (χ1) is 8.40. The highest BCUT2D eigenvalue weighted by molar-refractivity contribution is 6.35. The highest BCUT2D eigenvalue weighted by Crippen LogP contribution is 2.36. The smallest absolute Gasteiger partial charge is 0.308 e. The number of nitrogens with zero attached hydrogens (tertiary/aromatic N) is 2. The van der Waals surface area contributed by atoms with Gasteiger partial charge in [-0.15, -0.1) is 0 Å². The zero-order valence-electron chi connectivity index (χ0n) is 9.06. The van der Waals surface area contributed by atoms with Crippen molar-refractivity contribution < 1.29 is 14.7 Å². The largest absolute Gasteiger partial charge is 0.481 e. The van der Waals surface area contributed by atoms with Crippen molar-refractivity contribution in [3.05, 3.63) is 16.4 Å². The normalized spacial score (nSPS) is 19.3. The van der Waals surface area contributed by atoms with Crippen LogP contribution in [0.3, 0.4) is 0 Å². The maximum Gasteiger partial charge on any atom is 0.308 e. The van der Waals surface area contributed by atoms with Gasteiger partial charge >= 0.3 is 5.97 Å². The Balaban J connectivity index is 2.39. The molecule has 0 spiro atoms. The van der Waals surface area contributed by atoms with Gasteiger partial charge in [0, 0.05) is 19.0 Å². The Morgan fingerprint density at radius 3 is 2.72 bits per heavy atom. The van der Waals surface area contributed by atoms with E-state index in [9.17, 15) is 9.59 Å². The fourth-order valence-corrected chi connectivity index (χ4v) is 2.40. The molecule has 96 valence electrons. The molecule has 1 saturated heterocycles. The van der Waals surface area contributed by atoms with Crippen LogP contribution in [-0.2, 0) is 9.59 Å². The minimum atomic E-state index is -1.03. The number of rotatable bonds is 2. The number of carboxylic acids is 1. The van der Waals surface area contributed by atoms with Crippen LogP contribution < -0.4 is 10.6 Å². The molecular weight excluding hydrogens is 281 g/mol. The van der Waals surface area contributed by atoms with Crippen molar-refractivity contribution in [3.8, 4) is 0 Å². The maximum absolute atomic E-state index is 11.8. The highest BCUT2D eigenvalue weighted by Gasteiger charge is 2.37. The van der Waals surface area contributed by atoms with Gasteiger partial charge in [0.25, 0.3) is 0 Å². The quantitative estimate of drug-likeness (QED) is 0.803. The first-order valence-electron chi connectivity index (χ1n) is 5.05. The Morgan fingerprint density at radius 2 is 2.22 bits per heavy atom. The number of anilines is 2. The topological polar surface area (TPSA) is 96.5 Å².